The molecule has 77 heavy (non-hydrogen) atoms. The van der Waals surface area contributed by atoms with Gasteiger partial charge >= 0.3 is 11.9 Å². The van der Waals surface area contributed by atoms with Crippen molar-refractivity contribution in [2.75, 3.05) is 102 Å². The minimum atomic E-state index is -0.393. The third-order valence-electron chi connectivity index (χ3n) is 16.0. The van der Waals surface area contributed by atoms with E-state index in [9.17, 15) is 19.2 Å². The van der Waals surface area contributed by atoms with Crippen molar-refractivity contribution in [3.63, 3.8) is 0 Å². The first-order valence-corrected chi connectivity index (χ1v) is 28.7. The highest BCUT2D eigenvalue weighted by atomic mass is 35.5. The summed E-state index contributed by atoms with van der Waals surface area (Å²) in [6.45, 7) is 12.8. The summed E-state index contributed by atoms with van der Waals surface area (Å²) in [5, 5.41) is 5.89. The molecule has 4 fully saturated rings. The first kappa shape index (κ1) is 53.9. The molecule has 2 saturated heterocycles. The molecule has 6 aromatic rings. The number of hydrogen-bond donors (Lipinski definition) is 1. The molecule has 0 radical (unpaired) electrons. The number of rotatable bonds is 9. The number of carbonyl (C=O) groups is 4. The quantitative estimate of drug-likeness (QED) is 0.108. The number of fused-ring (bicyclic) bond motifs is 10. The molecule has 0 unspecified atom stereocenters. The van der Waals surface area contributed by atoms with Gasteiger partial charge in [0.05, 0.1) is 57.6 Å². The van der Waals surface area contributed by atoms with Crippen LogP contribution in [0.1, 0.15) is 122 Å². The number of esters is 2. The maximum Gasteiger partial charge on any atom is 0.356 e. The maximum absolute atomic E-state index is 13.3. The summed E-state index contributed by atoms with van der Waals surface area (Å²) >= 11 is 5.35. The van der Waals surface area contributed by atoms with E-state index in [1.165, 1.54) is 90.5 Å². The van der Waals surface area contributed by atoms with Crippen LogP contribution in [0.15, 0.2) is 72.8 Å². The van der Waals surface area contributed by atoms with E-state index in [2.05, 4.69) is 80.0 Å². The van der Waals surface area contributed by atoms with Crippen molar-refractivity contribution in [3.8, 4) is 22.5 Å². The molecule has 2 saturated carbocycles. The van der Waals surface area contributed by atoms with Gasteiger partial charge in [-0.2, -0.15) is 0 Å². The van der Waals surface area contributed by atoms with Crippen molar-refractivity contribution in [3.05, 3.63) is 95.3 Å². The molecule has 17 heteroatoms. The van der Waals surface area contributed by atoms with E-state index < -0.39 is 5.97 Å². The number of hydrogen-bond acceptors (Lipinski definition) is 12. The van der Waals surface area contributed by atoms with Crippen LogP contribution in [0.5, 0.6) is 0 Å². The van der Waals surface area contributed by atoms with Crippen LogP contribution in [0.25, 0.3) is 44.6 Å². The Kier molecular flexibility index (Phi) is 17.7. The molecule has 0 spiro atoms. The maximum atomic E-state index is 13.3. The molecule has 2 aromatic carbocycles. The Labute approximate surface area is 456 Å². The van der Waals surface area contributed by atoms with Gasteiger partial charge in [0, 0.05) is 85.6 Å². The van der Waals surface area contributed by atoms with Crippen molar-refractivity contribution in [2.24, 2.45) is 0 Å². The van der Waals surface area contributed by atoms with Crippen LogP contribution in [0.2, 0.25) is 0 Å². The molecule has 16 nitrogen and oxygen atoms in total. The van der Waals surface area contributed by atoms with Gasteiger partial charge in [-0.25, -0.2) is 19.6 Å². The predicted octanol–water partition coefficient (Wildman–Crippen LogP) is 10.0. The number of nitrogens with zero attached hydrogens (tertiary/aromatic N) is 7. The van der Waals surface area contributed by atoms with Crippen molar-refractivity contribution < 1.29 is 38.1 Å². The normalized spacial score (nSPS) is 17.7. The average molecular weight is 1070 g/mol. The van der Waals surface area contributed by atoms with Gasteiger partial charge in [-0.1, -0.05) is 74.9 Å². The minimum Gasteiger partial charge on any atom is -0.461 e. The zero-order valence-electron chi connectivity index (χ0n) is 44.7. The summed E-state index contributed by atoms with van der Waals surface area (Å²) in [6, 6.07) is 24.8. The number of amides is 2. The summed E-state index contributed by atoms with van der Waals surface area (Å²) in [6.07, 6.45) is 12.4. The topological polar surface area (TPSA) is 163 Å². The fourth-order valence-corrected chi connectivity index (χ4v) is 12.5. The number of ether oxygens (including phenoxy) is 4. The molecule has 2 aliphatic carbocycles. The van der Waals surface area contributed by atoms with E-state index in [0.717, 1.165) is 53.9 Å². The molecule has 0 bridgehead atoms. The van der Waals surface area contributed by atoms with E-state index >= 15 is 0 Å². The Hall–Kier alpha value is -6.49. The van der Waals surface area contributed by atoms with E-state index in [1.54, 1.807) is 4.90 Å². The van der Waals surface area contributed by atoms with Crippen LogP contribution < -0.4 is 10.2 Å². The van der Waals surface area contributed by atoms with Crippen molar-refractivity contribution >= 4 is 68.8 Å². The third-order valence-corrected chi connectivity index (χ3v) is 16.2. The standard InChI is InChI=1S/C30H36N4O4.C24H27N3O2.C6H10ClNO2/c1-2-38-30(36)24-13-12-23-27(21-8-4-3-5-9-21)28-22-10-6-7-11-25(22)33(14-15-34(28)29(23)31-24)20-26(35)32-16-18-37-19-17-32;1-2-29-24(28)20-13-12-18-21(16-8-4-3-5-9-16)22-17-10-6-7-11-19(17)25-14-15-27(22)23(18)26-20;7-5-6(9)8-1-3-10-4-2-8/h6-7,10-13,21H,2-5,8-9,14-20H2,1H3;6-7,10-13,16,25H,2-5,8-9,14-15H2,1H3;1-5H2. The van der Waals surface area contributed by atoms with E-state index in [4.69, 9.17) is 40.5 Å². The number of anilines is 2. The molecule has 0 atom stereocenters. The van der Waals surface area contributed by atoms with Crippen LogP contribution in [0, 0.1) is 0 Å². The molecule has 8 heterocycles. The molecule has 1 N–H and O–H groups in total. The lowest BCUT2D eigenvalue weighted by atomic mass is 9.82. The molecular formula is C60H73ClN8O8. The highest BCUT2D eigenvalue weighted by Gasteiger charge is 2.34. The fraction of sp³-hybridized carbons (Fsp3) is 0.500. The molecule has 2 amide bonds. The Bertz CT molecular complexity index is 3060. The monoisotopic (exact) mass is 1070 g/mol. The molecular weight excluding hydrogens is 996 g/mol. The number of nitrogens with one attached hydrogen (secondary N) is 1. The Morgan fingerprint density at radius 1 is 0.584 bits per heavy atom. The fourth-order valence-electron chi connectivity index (χ4n) is 12.3. The molecule has 12 rings (SSSR count). The number of para-hydroxylation sites is 2. The first-order valence-electron chi connectivity index (χ1n) is 28.1. The summed E-state index contributed by atoms with van der Waals surface area (Å²) < 4.78 is 25.6. The van der Waals surface area contributed by atoms with Crippen LogP contribution in [-0.2, 0) is 41.6 Å². The number of carbonyl (C=O) groups excluding carboxylic acids is 4. The van der Waals surface area contributed by atoms with Gasteiger partial charge in [-0.15, -0.1) is 11.6 Å². The first-order chi connectivity index (χ1) is 37.8. The second-order valence-corrected chi connectivity index (χ2v) is 20.9. The average Bonchev–Trinajstić information content (AvgIpc) is 3.93. The van der Waals surface area contributed by atoms with Gasteiger partial charge in [0.2, 0.25) is 11.8 Å². The number of benzene rings is 2. The SMILES string of the molecule is CCOC(=O)c1ccc2c(C3CCCCC3)c3n(c2n1)CCN(CC(=O)N1CCOCC1)c1ccccc1-3.CCOC(=O)c1ccc2c(C3CCCCC3)c3n(c2n1)CCNc1ccccc1-3.O=C(CCl)N1CCOCC1. The van der Waals surface area contributed by atoms with E-state index in [0.29, 0.717) is 109 Å². The Balaban J connectivity index is 0.000000152. The largest absolute Gasteiger partial charge is 0.461 e. The zero-order valence-corrected chi connectivity index (χ0v) is 45.5. The molecule has 6 aliphatic rings. The van der Waals surface area contributed by atoms with Crippen LogP contribution >= 0.6 is 11.6 Å². The molecule has 4 aliphatic heterocycles. The second kappa shape index (κ2) is 25.3. The van der Waals surface area contributed by atoms with Gasteiger partial charge in [0.25, 0.3) is 0 Å². The van der Waals surface area contributed by atoms with Crippen molar-refractivity contribution in [2.45, 2.75) is 103 Å². The number of halogens is 1. The van der Waals surface area contributed by atoms with Crippen molar-refractivity contribution in [1.82, 2.24) is 28.9 Å². The van der Waals surface area contributed by atoms with Crippen molar-refractivity contribution in [1.29, 1.82) is 0 Å². The predicted molar refractivity (Wildman–Crippen MR) is 300 cm³/mol. The van der Waals surface area contributed by atoms with Gasteiger partial charge in [0.15, 0.2) is 11.4 Å². The summed E-state index contributed by atoms with van der Waals surface area (Å²) in [5.74, 6) is 0.475. The van der Waals surface area contributed by atoms with Crippen LogP contribution in [-0.4, -0.2) is 144 Å². The third kappa shape index (κ3) is 11.7. The molecule has 4 aromatic heterocycles. The van der Waals surface area contributed by atoms with Gasteiger partial charge in [-0.3, -0.25) is 9.59 Å². The molecule has 408 valence electrons. The summed E-state index contributed by atoms with van der Waals surface area (Å²) in [7, 11) is 0. The van der Waals surface area contributed by atoms with E-state index in [-0.39, 0.29) is 23.7 Å². The van der Waals surface area contributed by atoms with Gasteiger partial charge in [-0.05, 0) is 98.9 Å². The highest BCUT2D eigenvalue weighted by Crippen LogP contribution is 2.48. The number of pyridine rings is 2. The Morgan fingerprint density at radius 3 is 1.62 bits per heavy atom. The summed E-state index contributed by atoms with van der Waals surface area (Å²) in [4.78, 5) is 64.6. The minimum absolute atomic E-state index is 0.00460. The zero-order chi connectivity index (χ0) is 53.3. The smallest absolute Gasteiger partial charge is 0.356 e. The van der Waals surface area contributed by atoms with Crippen LogP contribution in [0.4, 0.5) is 11.4 Å². The van der Waals surface area contributed by atoms with Crippen LogP contribution in [0.3, 0.4) is 0 Å². The Morgan fingerprint density at radius 2 is 1.08 bits per heavy atom. The lowest BCUT2D eigenvalue weighted by molar-refractivity contribution is -0.134. The number of aromatic nitrogens is 4. The summed E-state index contributed by atoms with van der Waals surface area (Å²) in [5.41, 5.74) is 12.3. The van der Waals surface area contributed by atoms with E-state index in [1.807, 2.05) is 30.9 Å². The lowest BCUT2D eigenvalue weighted by Crippen LogP contribution is -2.46. The lowest BCUT2D eigenvalue weighted by Gasteiger charge is -2.31. The second-order valence-electron chi connectivity index (χ2n) is 20.6. The number of alkyl halides is 1. The van der Waals surface area contributed by atoms with Gasteiger partial charge in [0.1, 0.15) is 17.2 Å². The highest BCUT2D eigenvalue weighted by molar-refractivity contribution is 6.27. The number of morpholine rings is 2. The van der Waals surface area contributed by atoms with Gasteiger partial charge < -0.3 is 48.1 Å².